The molecule has 1 aromatic carbocycles. The van der Waals surface area contributed by atoms with Crippen LogP contribution in [-0.4, -0.2) is 37.1 Å². The summed E-state index contributed by atoms with van der Waals surface area (Å²) in [5, 5.41) is 8.86. The van der Waals surface area contributed by atoms with Crippen LogP contribution in [0.3, 0.4) is 0 Å². The molecule has 2 amide bonds. The Kier molecular flexibility index (Phi) is 6.14. The highest BCUT2D eigenvalue weighted by Crippen LogP contribution is 2.33. The molecule has 30 heavy (non-hydrogen) atoms. The average molecular weight is 490 g/mol. The fourth-order valence-electron chi connectivity index (χ4n) is 2.35. The van der Waals surface area contributed by atoms with E-state index in [1.807, 2.05) is 0 Å². The summed E-state index contributed by atoms with van der Waals surface area (Å²) in [5.74, 6) is -1.81. The van der Waals surface area contributed by atoms with Crippen LogP contribution < -0.4 is 15.4 Å². The Balaban J connectivity index is 1.74. The molecular weight excluding hydrogens is 478 g/mol. The van der Waals surface area contributed by atoms with E-state index in [0.29, 0.717) is 11.9 Å². The number of halogens is 5. The van der Waals surface area contributed by atoms with E-state index in [1.165, 1.54) is 23.4 Å². The quantitative estimate of drug-likeness (QED) is 0.528. The summed E-state index contributed by atoms with van der Waals surface area (Å²) < 4.78 is 55.8. The lowest BCUT2D eigenvalue weighted by molar-refractivity contribution is -0.275. The first-order valence-corrected chi connectivity index (χ1v) is 8.93. The van der Waals surface area contributed by atoms with E-state index in [0.717, 1.165) is 6.07 Å². The number of benzene rings is 1. The molecule has 9 nitrogen and oxygen atoms in total. The number of nitrogens with zero attached hydrogens (tertiary/aromatic N) is 5. The van der Waals surface area contributed by atoms with Crippen molar-refractivity contribution < 1.29 is 27.1 Å². The Labute approximate surface area is 174 Å². The van der Waals surface area contributed by atoms with Crippen LogP contribution >= 0.6 is 15.9 Å². The minimum absolute atomic E-state index is 0.0122. The number of rotatable bonds is 5. The number of alkyl halides is 3. The Morgan fingerprint density at radius 2 is 1.93 bits per heavy atom. The molecule has 158 valence electrons. The van der Waals surface area contributed by atoms with E-state index < -0.39 is 30.0 Å². The number of anilines is 1. The number of carbonyl (C=O) groups is 1. The molecule has 0 aliphatic carbocycles. The topological polar surface area (TPSA) is 107 Å². The molecule has 0 spiro atoms. The smallest absolute Gasteiger partial charge is 0.403 e. The molecule has 0 saturated carbocycles. The van der Waals surface area contributed by atoms with Crippen molar-refractivity contribution in [3.8, 4) is 11.7 Å². The van der Waals surface area contributed by atoms with Crippen molar-refractivity contribution in [1.29, 1.82) is 0 Å². The van der Waals surface area contributed by atoms with Gasteiger partial charge in [0.1, 0.15) is 6.33 Å². The fraction of sp³-hybridized carbons (Fsp3) is 0.188. The van der Waals surface area contributed by atoms with Gasteiger partial charge in [-0.1, -0.05) is 0 Å². The number of carbonyl (C=O) groups excluding carboxylic acids is 1. The highest BCUT2D eigenvalue weighted by Gasteiger charge is 2.33. The van der Waals surface area contributed by atoms with Crippen LogP contribution in [0.15, 0.2) is 41.4 Å². The second kappa shape index (κ2) is 8.61. The van der Waals surface area contributed by atoms with E-state index in [9.17, 15) is 22.4 Å². The first-order valence-electron chi connectivity index (χ1n) is 8.13. The van der Waals surface area contributed by atoms with Gasteiger partial charge in [0.15, 0.2) is 17.4 Å². The zero-order valence-corrected chi connectivity index (χ0v) is 16.6. The highest BCUT2D eigenvalue weighted by atomic mass is 79.9. The predicted molar refractivity (Wildman–Crippen MR) is 98.3 cm³/mol. The summed E-state index contributed by atoms with van der Waals surface area (Å²) in [6.45, 7) is 1.60. The van der Waals surface area contributed by atoms with Gasteiger partial charge in [0.2, 0.25) is 0 Å². The first kappa shape index (κ1) is 21.4. The van der Waals surface area contributed by atoms with Gasteiger partial charge in [-0.3, -0.25) is 0 Å². The molecule has 2 heterocycles. The lowest BCUT2D eigenvalue weighted by atomic mass is 10.3. The molecular formula is C16H12BrF4N7O2. The zero-order valence-electron chi connectivity index (χ0n) is 15.0. The summed E-state index contributed by atoms with van der Waals surface area (Å²) >= 11 is 2.97. The molecule has 3 rings (SSSR count). The highest BCUT2D eigenvalue weighted by molar-refractivity contribution is 9.10. The van der Waals surface area contributed by atoms with E-state index in [-0.39, 0.29) is 16.1 Å². The number of nitrogens with one attached hydrogen (secondary N) is 2. The average Bonchev–Trinajstić information content (AvgIpc) is 3.15. The molecule has 0 unspecified atom stereocenters. The minimum Gasteiger partial charge on any atom is -0.403 e. The van der Waals surface area contributed by atoms with Crippen molar-refractivity contribution >= 4 is 27.6 Å². The van der Waals surface area contributed by atoms with Crippen molar-refractivity contribution in [2.24, 2.45) is 0 Å². The van der Waals surface area contributed by atoms with Gasteiger partial charge in [-0.2, -0.15) is 9.78 Å². The normalized spacial score (nSPS) is 12.3. The van der Waals surface area contributed by atoms with Crippen LogP contribution in [0.4, 0.5) is 28.0 Å². The van der Waals surface area contributed by atoms with Gasteiger partial charge in [-0.15, -0.1) is 13.2 Å². The van der Waals surface area contributed by atoms with Crippen LogP contribution in [0.25, 0.3) is 5.95 Å². The molecule has 1 atom stereocenters. The fourth-order valence-corrected chi connectivity index (χ4v) is 2.76. The minimum atomic E-state index is -5.09. The Morgan fingerprint density at radius 3 is 2.60 bits per heavy atom. The van der Waals surface area contributed by atoms with Gasteiger partial charge in [0.25, 0.3) is 5.95 Å². The van der Waals surface area contributed by atoms with Crippen molar-refractivity contribution in [2.45, 2.75) is 19.3 Å². The molecule has 0 bridgehead atoms. The maximum absolute atomic E-state index is 13.7. The van der Waals surface area contributed by atoms with Gasteiger partial charge in [0, 0.05) is 22.9 Å². The molecule has 0 radical (unpaired) electrons. The summed E-state index contributed by atoms with van der Waals surface area (Å²) in [6.07, 6.45) is -0.831. The van der Waals surface area contributed by atoms with Crippen molar-refractivity contribution in [3.05, 3.63) is 53.0 Å². The van der Waals surface area contributed by atoms with Crippen LogP contribution in [0.5, 0.6) is 5.75 Å². The van der Waals surface area contributed by atoms with Crippen molar-refractivity contribution in [1.82, 2.24) is 30.0 Å². The molecule has 14 heteroatoms. The lowest BCUT2D eigenvalue weighted by Gasteiger charge is -2.16. The molecule has 3 aromatic rings. The molecule has 2 aromatic heterocycles. The molecule has 0 aliphatic rings. The monoisotopic (exact) mass is 489 g/mol. The largest absolute Gasteiger partial charge is 0.573 e. The van der Waals surface area contributed by atoms with Gasteiger partial charge in [0.05, 0.1) is 11.7 Å². The summed E-state index contributed by atoms with van der Waals surface area (Å²) in [6, 6.07) is 1.57. The van der Waals surface area contributed by atoms with Crippen molar-refractivity contribution in [3.63, 3.8) is 0 Å². The summed E-state index contributed by atoms with van der Waals surface area (Å²) in [7, 11) is 0. The Bertz CT molecular complexity index is 1050. The van der Waals surface area contributed by atoms with Gasteiger partial charge < -0.3 is 15.4 Å². The third-order valence-corrected chi connectivity index (χ3v) is 4.20. The number of ether oxygens (including phenoxy) is 1. The second-order valence-electron chi connectivity index (χ2n) is 5.71. The number of hydrogen-bond acceptors (Lipinski definition) is 6. The van der Waals surface area contributed by atoms with Gasteiger partial charge in [-0.25, -0.2) is 24.1 Å². The maximum atomic E-state index is 13.7. The number of amides is 2. The molecule has 0 fully saturated rings. The van der Waals surface area contributed by atoms with E-state index >= 15 is 0 Å². The van der Waals surface area contributed by atoms with Crippen LogP contribution in [0.1, 0.15) is 18.8 Å². The summed E-state index contributed by atoms with van der Waals surface area (Å²) in [5.41, 5.74) is -0.145. The van der Waals surface area contributed by atoms with Crippen LogP contribution in [0.2, 0.25) is 0 Å². The van der Waals surface area contributed by atoms with Crippen LogP contribution in [-0.2, 0) is 0 Å². The van der Waals surface area contributed by atoms with Crippen molar-refractivity contribution in [2.75, 3.05) is 5.32 Å². The zero-order chi connectivity index (χ0) is 21.9. The second-order valence-corrected chi connectivity index (χ2v) is 6.56. The molecule has 0 saturated heterocycles. The number of hydrogen-bond donors (Lipinski definition) is 2. The molecule has 2 N–H and O–H groups in total. The first-order chi connectivity index (χ1) is 14.1. The number of urea groups is 1. The summed E-state index contributed by atoms with van der Waals surface area (Å²) in [4.78, 5) is 24.5. The van der Waals surface area contributed by atoms with E-state index in [2.05, 4.69) is 51.4 Å². The lowest BCUT2D eigenvalue weighted by Crippen LogP contribution is -2.33. The van der Waals surface area contributed by atoms with E-state index in [4.69, 9.17) is 0 Å². The maximum Gasteiger partial charge on any atom is 0.573 e. The van der Waals surface area contributed by atoms with Gasteiger partial charge >= 0.3 is 12.4 Å². The SMILES string of the molecule is C[C@H](NC(=O)Nc1cc(OC(F)(F)F)c(F)cc1Br)c1ncnn1-c1ncccn1. The third kappa shape index (κ3) is 5.20. The van der Waals surface area contributed by atoms with Gasteiger partial charge in [-0.05, 0) is 35.0 Å². The van der Waals surface area contributed by atoms with Crippen LogP contribution in [0, 0.1) is 5.82 Å². The standard InChI is InChI=1S/C16H12BrF4N7O2/c1-8(13-24-7-25-28(13)14-22-3-2-4-23-14)26-15(29)27-11-6-12(30-16(19,20)21)10(18)5-9(11)17/h2-8H,1H3,(H2,26,27,29)/t8-/m0/s1. The predicted octanol–water partition coefficient (Wildman–Crippen LogP) is 3.74. The third-order valence-electron chi connectivity index (χ3n) is 3.55. The Morgan fingerprint density at radius 1 is 1.23 bits per heavy atom. The molecule has 0 aliphatic heterocycles. The van der Waals surface area contributed by atoms with E-state index in [1.54, 1.807) is 13.0 Å². The Hall–Kier alpha value is -3.29. The number of aromatic nitrogens is 5.